The summed E-state index contributed by atoms with van der Waals surface area (Å²) in [5, 5.41) is 3.08. The van der Waals surface area contributed by atoms with E-state index in [4.69, 9.17) is 13.9 Å². The lowest BCUT2D eigenvalue weighted by Gasteiger charge is -2.34. The Morgan fingerprint density at radius 3 is 2.79 bits per heavy atom. The second-order valence-corrected chi connectivity index (χ2v) is 7.68. The minimum atomic E-state index is 0.0345. The Hall–Kier alpha value is -2.84. The van der Waals surface area contributed by atoms with E-state index in [0.717, 1.165) is 36.1 Å². The van der Waals surface area contributed by atoms with Crippen LogP contribution in [0.5, 0.6) is 11.5 Å². The summed E-state index contributed by atoms with van der Waals surface area (Å²) in [5.74, 6) is 2.16. The van der Waals surface area contributed by atoms with Gasteiger partial charge < -0.3 is 18.8 Å². The first-order valence-electron chi connectivity index (χ1n) is 9.16. The summed E-state index contributed by atoms with van der Waals surface area (Å²) in [6, 6.07) is 9.14. The van der Waals surface area contributed by atoms with E-state index in [1.54, 1.807) is 35.8 Å². The number of ether oxygens (including phenoxy) is 2. The predicted molar refractivity (Wildman–Crippen MR) is 104 cm³/mol. The molecule has 4 heterocycles. The van der Waals surface area contributed by atoms with Gasteiger partial charge in [-0.2, -0.15) is 0 Å². The van der Waals surface area contributed by atoms with Crippen LogP contribution in [0.25, 0.3) is 11.5 Å². The van der Waals surface area contributed by atoms with Crippen molar-refractivity contribution in [3.8, 4) is 23.0 Å². The average Bonchev–Trinajstić information content (AvgIpc) is 3.48. The first-order chi connectivity index (χ1) is 13.8. The van der Waals surface area contributed by atoms with E-state index >= 15 is 0 Å². The van der Waals surface area contributed by atoms with Crippen molar-refractivity contribution in [1.29, 1.82) is 0 Å². The molecule has 8 heteroatoms. The van der Waals surface area contributed by atoms with E-state index in [-0.39, 0.29) is 12.7 Å². The molecule has 1 fully saturated rings. The molecule has 5 rings (SSSR count). The smallest absolute Gasteiger partial charge is 0.254 e. The highest BCUT2D eigenvalue weighted by Gasteiger charge is 2.24. The van der Waals surface area contributed by atoms with Crippen LogP contribution < -0.4 is 9.47 Å². The SMILES string of the molecule is O=C(c1ccc2c(c1)OCO2)N1CCN(Cc2nc(-c3ccco3)cs2)CC1. The van der Waals surface area contributed by atoms with Crippen molar-refractivity contribution in [2.75, 3.05) is 33.0 Å². The van der Waals surface area contributed by atoms with Gasteiger partial charge in [-0.1, -0.05) is 0 Å². The molecule has 1 aromatic carbocycles. The number of carbonyl (C=O) groups excluding carboxylic acids is 1. The van der Waals surface area contributed by atoms with Crippen molar-refractivity contribution in [1.82, 2.24) is 14.8 Å². The fourth-order valence-electron chi connectivity index (χ4n) is 3.43. The average molecular weight is 397 g/mol. The topological polar surface area (TPSA) is 68.0 Å². The molecule has 2 aromatic heterocycles. The quantitative estimate of drug-likeness (QED) is 0.674. The Morgan fingerprint density at radius 1 is 1.11 bits per heavy atom. The third kappa shape index (κ3) is 3.36. The van der Waals surface area contributed by atoms with E-state index in [1.165, 1.54) is 0 Å². The number of rotatable bonds is 4. The van der Waals surface area contributed by atoms with Gasteiger partial charge in [-0.15, -0.1) is 11.3 Å². The number of fused-ring (bicyclic) bond motifs is 1. The van der Waals surface area contributed by atoms with Crippen LogP contribution in [0.4, 0.5) is 0 Å². The van der Waals surface area contributed by atoms with E-state index < -0.39 is 0 Å². The normalized spacial score (nSPS) is 16.5. The Morgan fingerprint density at radius 2 is 1.96 bits per heavy atom. The number of amides is 1. The summed E-state index contributed by atoms with van der Waals surface area (Å²) in [4.78, 5) is 21.7. The third-order valence-corrected chi connectivity index (χ3v) is 5.80. The predicted octanol–water partition coefficient (Wildman–Crippen LogP) is 3.09. The van der Waals surface area contributed by atoms with Gasteiger partial charge in [-0.05, 0) is 30.3 Å². The maximum atomic E-state index is 12.8. The van der Waals surface area contributed by atoms with Crippen molar-refractivity contribution in [2.24, 2.45) is 0 Å². The molecule has 2 aliphatic rings. The minimum Gasteiger partial charge on any atom is -0.463 e. The van der Waals surface area contributed by atoms with Gasteiger partial charge in [0.15, 0.2) is 17.3 Å². The van der Waals surface area contributed by atoms with Gasteiger partial charge >= 0.3 is 0 Å². The second kappa shape index (κ2) is 7.29. The molecule has 0 unspecified atom stereocenters. The Balaban J connectivity index is 1.18. The second-order valence-electron chi connectivity index (χ2n) is 6.74. The van der Waals surface area contributed by atoms with Crippen LogP contribution in [-0.4, -0.2) is 53.7 Å². The zero-order valence-corrected chi connectivity index (χ0v) is 16.0. The minimum absolute atomic E-state index is 0.0345. The molecule has 7 nitrogen and oxygen atoms in total. The van der Waals surface area contributed by atoms with Crippen molar-refractivity contribution in [3.63, 3.8) is 0 Å². The number of carbonyl (C=O) groups is 1. The molecular formula is C20H19N3O4S. The summed E-state index contributed by atoms with van der Waals surface area (Å²) in [5.41, 5.74) is 1.52. The van der Waals surface area contributed by atoms with Crippen LogP contribution in [0, 0.1) is 0 Å². The molecule has 0 aliphatic carbocycles. The number of thiazole rings is 1. The highest BCUT2D eigenvalue weighted by Crippen LogP contribution is 2.33. The largest absolute Gasteiger partial charge is 0.463 e. The molecule has 0 spiro atoms. The van der Waals surface area contributed by atoms with Crippen LogP contribution >= 0.6 is 11.3 Å². The molecule has 2 aliphatic heterocycles. The molecule has 28 heavy (non-hydrogen) atoms. The van der Waals surface area contributed by atoms with Gasteiger partial charge in [0.1, 0.15) is 10.7 Å². The van der Waals surface area contributed by atoms with Crippen LogP contribution in [0.1, 0.15) is 15.4 Å². The first kappa shape index (κ1) is 17.3. The standard InChI is InChI=1S/C20H19N3O4S/c24-20(14-3-4-17-18(10-14)27-13-26-17)23-7-5-22(6-8-23)11-19-21-15(12-28-19)16-2-1-9-25-16/h1-4,9-10,12H,5-8,11,13H2. The summed E-state index contributed by atoms with van der Waals surface area (Å²) in [7, 11) is 0. The number of benzene rings is 1. The number of nitrogens with zero attached hydrogens (tertiary/aromatic N) is 3. The number of furan rings is 1. The number of aromatic nitrogens is 1. The Labute approximate surface area is 166 Å². The zero-order chi connectivity index (χ0) is 18.9. The van der Waals surface area contributed by atoms with Crippen molar-refractivity contribution < 1.29 is 18.7 Å². The Kier molecular flexibility index (Phi) is 4.50. The van der Waals surface area contributed by atoms with Crippen LogP contribution in [0.2, 0.25) is 0 Å². The Bertz CT molecular complexity index is 977. The van der Waals surface area contributed by atoms with Crippen LogP contribution in [0.15, 0.2) is 46.4 Å². The summed E-state index contributed by atoms with van der Waals surface area (Å²) >= 11 is 1.64. The molecule has 0 atom stereocenters. The maximum Gasteiger partial charge on any atom is 0.254 e. The van der Waals surface area contributed by atoms with E-state index in [1.807, 2.05) is 22.4 Å². The van der Waals surface area contributed by atoms with Gasteiger partial charge in [-0.25, -0.2) is 4.98 Å². The van der Waals surface area contributed by atoms with Gasteiger partial charge in [-0.3, -0.25) is 9.69 Å². The van der Waals surface area contributed by atoms with Gasteiger partial charge in [0.2, 0.25) is 6.79 Å². The molecular weight excluding hydrogens is 378 g/mol. The third-order valence-electron chi connectivity index (χ3n) is 4.96. The molecule has 0 bridgehead atoms. The zero-order valence-electron chi connectivity index (χ0n) is 15.2. The van der Waals surface area contributed by atoms with E-state index in [9.17, 15) is 4.79 Å². The van der Waals surface area contributed by atoms with Crippen LogP contribution in [-0.2, 0) is 6.54 Å². The monoisotopic (exact) mass is 397 g/mol. The number of hydrogen-bond acceptors (Lipinski definition) is 7. The molecule has 0 saturated carbocycles. The lowest BCUT2D eigenvalue weighted by Crippen LogP contribution is -2.48. The molecule has 0 N–H and O–H groups in total. The van der Waals surface area contributed by atoms with E-state index in [2.05, 4.69) is 9.88 Å². The van der Waals surface area contributed by atoms with Gasteiger partial charge in [0, 0.05) is 37.1 Å². The molecule has 1 saturated heterocycles. The molecule has 144 valence electrons. The molecule has 3 aromatic rings. The molecule has 1 amide bonds. The summed E-state index contributed by atoms with van der Waals surface area (Å²) in [6.45, 7) is 4.05. The maximum absolute atomic E-state index is 12.8. The highest BCUT2D eigenvalue weighted by molar-refractivity contribution is 7.09. The lowest BCUT2D eigenvalue weighted by atomic mass is 10.1. The summed E-state index contributed by atoms with van der Waals surface area (Å²) in [6.07, 6.45) is 1.66. The van der Waals surface area contributed by atoms with Crippen molar-refractivity contribution in [3.05, 3.63) is 52.5 Å². The van der Waals surface area contributed by atoms with Gasteiger partial charge in [0.05, 0.1) is 12.8 Å². The lowest BCUT2D eigenvalue weighted by molar-refractivity contribution is 0.0628. The molecule has 0 radical (unpaired) electrons. The van der Waals surface area contributed by atoms with Crippen molar-refractivity contribution in [2.45, 2.75) is 6.54 Å². The fraction of sp³-hybridized carbons (Fsp3) is 0.300. The van der Waals surface area contributed by atoms with Crippen LogP contribution in [0.3, 0.4) is 0 Å². The highest BCUT2D eigenvalue weighted by atomic mass is 32.1. The number of hydrogen-bond donors (Lipinski definition) is 0. The summed E-state index contributed by atoms with van der Waals surface area (Å²) < 4.78 is 16.1. The first-order valence-corrected chi connectivity index (χ1v) is 10.0. The van der Waals surface area contributed by atoms with Crippen molar-refractivity contribution >= 4 is 17.2 Å². The number of piperazine rings is 1. The van der Waals surface area contributed by atoms with Gasteiger partial charge in [0.25, 0.3) is 5.91 Å². The fourth-order valence-corrected chi connectivity index (χ4v) is 4.26. The van der Waals surface area contributed by atoms with E-state index in [0.29, 0.717) is 30.2 Å².